The lowest BCUT2D eigenvalue weighted by Gasteiger charge is -2.19. The van der Waals surface area contributed by atoms with Gasteiger partial charge in [-0.2, -0.15) is 0 Å². The van der Waals surface area contributed by atoms with Crippen LogP contribution in [0.2, 0.25) is 0 Å². The van der Waals surface area contributed by atoms with Gasteiger partial charge in [0, 0.05) is 18.4 Å². The quantitative estimate of drug-likeness (QED) is 0.835. The molecule has 0 bridgehead atoms. The normalized spacial score (nSPS) is 12.1. The summed E-state index contributed by atoms with van der Waals surface area (Å²) in [4.78, 5) is 8.32. The lowest BCUT2D eigenvalue weighted by Crippen LogP contribution is -2.12. The molecule has 0 fully saturated rings. The highest BCUT2D eigenvalue weighted by atomic mass is 16.2. The number of hydrogen-bond donors (Lipinski definition) is 2. The molecule has 1 aromatic carbocycles. The maximum absolute atomic E-state index is 9.02. The lowest BCUT2D eigenvalue weighted by molar-refractivity contribution is 0.281. The van der Waals surface area contributed by atoms with Gasteiger partial charge in [0.1, 0.15) is 12.1 Å². The minimum Gasteiger partial charge on any atom is -0.396 e. The van der Waals surface area contributed by atoms with Gasteiger partial charge in [-0.1, -0.05) is 30.3 Å². The van der Waals surface area contributed by atoms with Crippen molar-refractivity contribution >= 4 is 5.82 Å². The van der Waals surface area contributed by atoms with Crippen molar-refractivity contribution in [2.45, 2.75) is 25.8 Å². The van der Waals surface area contributed by atoms with Gasteiger partial charge in [-0.3, -0.25) is 0 Å². The van der Waals surface area contributed by atoms with Crippen molar-refractivity contribution in [3.8, 4) is 0 Å². The number of nitrogens with one attached hydrogen (secondary N) is 1. The molecule has 2 N–H and O–H groups in total. The Labute approximate surface area is 113 Å². The summed E-state index contributed by atoms with van der Waals surface area (Å²) in [5.41, 5.74) is 2.14. The molecule has 1 unspecified atom stereocenters. The summed E-state index contributed by atoms with van der Waals surface area (Å²) in [6.07, 6.45) is 3.19. The molecule has 1 heterocycles. The second kappa shape index (κ2) is 6.85. The van der Waals surface area contributed by atoms with Crippen LogP contribution in [0.1, 0.15) is 30.1 Å². The Morgan fingerprint density at radius 2 is 2.00 bits per heavy atom. The molecule has 0 aliphatic rings. The average Bonchev–Trinajstić information content (AvgIpc) is 2.44. The number of rotatable bonds is 6. The highest BCUT2D eigenvalue weighted by Crippen LogP contribution is 2.22. The molecule has 19 heavy (non-hydrogen) atoms. The number of nitrogens with zero attached hydrogens (tertiary/aromatic N) is 2. The van der Waals surface area contributed by atoms with Crippen LogP contribution in [-0.2, 0) is 0 Å². The predicted octanol–water partition coefficient (Wildman–Crippen LogP) is 2.71. The largest absolute Gasteiger partial charge is 0.396 e. The minimum absolute atomic E-state index is 0.155. The van der Waals surface area contributed by atoms with Crippen LogP contribution >= 0.6 is 0 Å². The molecule has 0 aliphatic carbocycles. The van der Waals surface area contributed by atoms with E-state index < -0.39 is 0 Å². The SMILES string of the molecule is Cc1cc(NC(CCCO)c2ccccc2)ncn1. The van der Waals surface area contributed by atoms with Crippen molar-refractivity contribution in [1.29, 1.82) is 0 Å². The van der Waals surface area contributed by atoms with E-state index in [-0.39, 0.29) is 12.6 Å². The molecule has 2 rings (SSSR count). The van der Waals surface area contributed by atoms with Crippen LogP contribution in [0.5, 0.6) is 0 Å². The maximum Gasteiger partial charge on any atom is 0.130 e. The average molecular weight is 257 g/mol. The fourth-order valence-electron chi connectivity index (χ4n) is 2.01. The van der Waals surface area contributed by atoms with Crippen LogP contribution < -0.4 is 5.32 Å². The van der Waals surface area contributed by atoms with Gasteiger partial charge in [0.2, 0.25) is 0 Å². The second-order valence-electron chi connectivity index (χ2n) is 4.52. The third-order valence-electron chi connectivity index (χ3n) is 2.98. The molecule has 1 atom stereocenters. The summed E-state index contributed by atoms with van der Waals surface area (Å²) in [6, 6.07) is 12.3. The van der Waals surface area contributed by atoms with Crippen LogP contribution in [0.3, 0.4) is 0 Å². The zero-order chi connectivity index (χ0) is 13.5. The molecule has 0 amide bonds. The standard InChI is InChI=1S/C15H19N3O/c1-12-10-15(17-11-16-12)18-14(8-5-9-19)13-6-3-2-4-7-13/h2-4,6-7,10-11,14,19H,5,8-9H2,1H3,(H,16,17,18). The van der Waals surface area contributed by atoms with E-state index >= 15 is 0 Å². The summed E-state index contributed by atoms with van der Waals surface area (Å²) < 4.78 is 0. The lowest BCUT2D eigenvalue weighted by atomic mass is 10.0. The van der Waals surface area contributed by atoms with Gasteiger partial charge in [-0.15, -0.1) is 0 Å². The van der Waals surface area contributed by atoms with E-state index in [1.165, 1.54) is 5.56 Å². The first-order chi connectivity index (χ1) is 9.29. The number of aliphatic hydroxyl groups is 1. The van der Waals surface area contributed by atoms with Crippen molar-refractivity contribution in [1.82, 2.24) is 9.97 Å². The van der Waals surface area contributed by atoms with E-state index in [0.29, 0.717) is 0 Å². The number of aromatic nitrogens is 2. The molecule has 4 heteroatoms. The minimum atomic E-state index is 0.155. The Morgan fingerprint density at radius 1 is 1.21 bits per heavy atom. The third-order valence-corrected chi connectivity index (χ3v) is 2.98. The van der Waals surface area contributed by atoms with E-state index in [9.17, 15) is 0 Å². The van der Waals surface area contributed by atoms with Gasteiger partial charge >= 0.3 is 0 Å². The van der Waals surface area contributed by atoms with Gasteiger partial charge in [0.05, 0.1) is 6.04 Å². The smallest absolute Gasteiger partial charge is 0.130 e. The van der Waals surface area contributed by atoms with Crippen LogP contribution in [0.4, 0.5) is 5.82 Å². The number of hydrogen-bond acceptors (Lipinski definition) is 4. The Balaban J connectivity index is 2.14. The molecular weight excluding hydrogens is 238 g/mol. The van der Waals surface area contributed by atoms with Gasteiger partial charge < -0.3 is 10.4 Å². The fourth-order valence-corrected chi connectivity index (χ4v) is 2.01. The first-order valence-corrected chi connectivity index (χ1v) is 6.50. The number of anilines is 1. The van der Waals surface area contributed by atoms with Gasteiger partial charge in [-0.25, -0.2) is 9.97 Å². The maximum atomic E-state index is 9.02. The van der Waals surface area contributed by atoms with Gasteiger partial charge in [0.15, 0.2) is 0 Å². The highest BCUT2D eigenvalue weighted by Gasteiger charge is 2.11. The monoisotopic (exact) mass is 257 g/mol. The van der Waals surface area contributed by atoms with E-state index in [2.05, 4.69) is 27.4 Å². The van der Waals surface area contributed by atoms with Gasteiger partial charge in [-0.05, 0) is 25.3 Å². The highest BCUT2D eigenvalue weighted by molar-refractivity contribution is 5.38. The third kappa shape index (κ3) is 4.03. The fraction of sp³-hybridized carbons (Fsp3) is 0.333. The van der Waals surface area contributed by atoms with Crippen molar-refractivity contribution < 1.29 is 5.11 Å². The van der Waals surface area contributed by atoms with Crippen LogP contribution in [0.25, 0.3) is 0 Å². The molecule has 1 aromatic heterocycles. The summed E-state index contributed by atoms with van der Waals surface area (Å²) in [5, 5.41) is 12.4. The molecule has 0 aliphatic heterocycles. The topological polar surface area (TPSA) is 58.0 Å². The molecular formula is C15H19N3O. The van der Waals surface area contributed by atoms with Crippen molar-refractivity contribution in [2.75, 3.05) is 11.9 Å². The summed E-state index contributed by atoms with van der Waals surface area (Å²) in [6.45, 7) is 2.14. The summed E-state index contributed by atoms with van der Waals surface area (Å²) >= 11 is 0. The van der Waals surface area contributed by atoms with Crippen molar-refractivity contribution in [2.24, 2.45) is 0 Å². The molecule has 0 spiro atoms. The number of aryl methyl sites for hydroxylation is 1. The summed E-state index contributed by atoms with van der Waals surface area (Å²) in [7, 11) is 0. The van der Waals surface area contributed by atoms with Crippen LogP contribution in [0, 0.1) is 6.92 Å². The van der Waals surface area contributed by atoms with Crippen LogP contribution in [-0.4, -0.2) is 21.7 Å². The van der Waals surface area contributed by atoms with Crippen molar-refractivity contribution in [3.05, 3.63) is 54.0 Å². The van der Waals surface area contributed by atoms with Gasteiger partial charge in [0.25, 0.3) is 0 Å². The summed E-state index contributed by atoms with van der Waals surface area (Å²) in [5.74, 6) is 0.819. The second-order valence-corrected chi connectivity index (χ2v) is 4.52. The molecule has 100 valence electrons. The zero-order valence-electron chi connectivity index (χ0n) is 11.1. The number of aliphatic hydroxyl groups excluding tert-OH is 1. The number of benzene rings is 1. The van der Waals surface area contributed by atoms with E-state index in [1.54, 1.807) is 6.33 Å². The van der Waals surface area contributed by atoms with Crippen molar-refractivity contribution in [3.63, 3.8) is 0 Å². The van der Waals surface area contributed by atoms with Crippen LogP contribution in [0.15, 0.2) is 42.7 Å². The Bertz CT molecular complexity index is 502. The van der Waals surface area contributed by atoms with E-state index in [0.717, 1.165) is 24.4 Å². The molecule has 2 aromatic rings. The Kier molecular flexibility index (Phi) is 4.86. The predicted molar refractivity (Wildman–Crippen MR) is 75.9 cm³/mol. The molecule has 0 saturated heterocycles. The van der Waals surface area contributed by atoms with E-state index in [1.807, 2.05) is 31.2 Å². The molecule has 0 saturated carbocycles. The van der Waals surface area contributed by atoms with E-state index in [4.69, 9.17) is 5.11 Å². The first-order valence-electron chi connectivity index (χ1n) is 6.50. The molecule has 4 nitrogen and oxygen atoms in total. The Morgan fingerprint density at radius 3 is 2.68 bits per heavy atom. The first kappa shape index (κ1) is 13.5. The molecule has 0 radical (unpaired) electrons. The zero-order valence-corrected chi connectivity index (χ0v) is 11.1. The Hall–Kier alpha value is -1.94.